The predicted octanol–water partition coefficient (Wildman–Crippen LogP) is 2.41. The van der Waals surface area contributed by atoms with Gasteiger partial charge in [-0.05, 0) is 30.0 Å². The minimum atomic E-state index is -0.448. The van der Waals surface area contributed by atoms with E-state index >= 15 is 0 Å². The van der Waals surface area contributed by atoms with E-state index in [4.69, 9.17) is 5.73 Å². The Hall–Kier alpha value is -1.26. The third kappa shape index (κ3) is 3.44. The molecule has 0 radical (unpaired) electrons. The second-order valence-electron chi connectivity index (χ2n) is 5.42. The molecule has 20 heavy (non-hydrogen) atoms. The van der Waals surface area contributed by atoms with E-state index in [9.17, 15) is 4.79 Å². The molecule has 2 rings (SSSR count). The molecule has 5 heteroatoms. The summed E-state index contributed by atoms with van der Waals surface area (Å²) in [7, 11) is 2.07. The molecule has 0 spiro atoms. The number of nitrogens with two attached hydrogens (primary N) is 1. The highest BCUT2D eigenvalue weighted by atomic mass is 35.5. The number of nitrogens with one attached hydrogen (secondary N) is 1. The molecule has 0 fully saturated rings. The van der Waals surface area contributed by atoms with Crippen molar-refractivity contribution >= 4 is 29.7 Å². The topological polar surface area (TPSA) is 58.4 Å². The van der Waals surface area contributed by atoms with Crippen LogP contribution < -0.4 is 16.0 Å². The number of hydrogen-bond acceptors (Lipinski definition) is 3. The molecule has 2 atom stereocenters. The van der Waals surface area contributed by atoms with Crippen molar-refractivity contribution in [2.24, 2.45) is 11.7 Å². The van der Waals surface area contributed by atoms with Gasteiger partial charge in [0.2, 0.25) is 5.91 Å². The molecular weight excluding hydrogens is 274 g/mol. The van der Waals surface area contributed by atoms with Crippen molar-refractivity contribution in [2.45, 2.75) is 32.7 Å². The number of rotatable bonds is 4. The van der Waals surface area contributed by atoms with Crippen molar-refractivity contribution in [3.63, 3.8) is 0 Å². The molecule has 1 aromatic carbocycles. The van der Waals surface area contributed by atoms with Crippen LogP contribution in [0.2, 0.25) is 0 Å². The number of hydrogen-bond donors (Lipinski definition) is 2. The van der Waals surface area contributed by atoms with E-state index in [1.807, 2.05) is 26.0 Å². The summed E-state index contributed by atoms with van der Waals surface area (Å²) in [4.78, 5) is 14.3. The van der Waals surface area contributed by atoms with E-state index in [1.165, 1.54) is 11.3 Å². The smallest absolute Gasteiger partial charge is 0.241 e. The average Bonchev–Trinajstić information content (AvgIpc) is 2.78. The summed E-state index contributed by atoms with van der Waals surface area (Å²) in [6.45, 7) is 5.09. The predicted molar refractivity (Wildman–Crippen MR) is 86.7 cm³/mol. The Balaban J connectivity index is 0.00000200. The van der Waals surface area contributed by atoms with E-state index in [0.29, 0.717) is 0 Å². The van der Waals surface area contributed by atoms with Gasteiger partial charge in [-0.25, -0.2) is 0 Å². The molecule has 1 aliphatic rings. The number of nitrogens with zero attached hydrogens (tertiary/aromatic N) is 1. The highest BCUT2D eigenvalue weighted by Gasteiger charge is 2.21. The number of carbonyl (C=O) groups is 1. The van der Waals surface area contributed by atoms with Crippen LogP contribution in [0, 0.1) is 5.92 Å². The van der Waals surface area contributed by atoms with Crippen molar-refractivity contribution in [1.29, 1.82) is 0 Å². The van der Waals surface area contributed by atoms with Gasteiger partial charge in [-0.3, -0.25) is 4.79 Å². The fraction of sp³-hybridized carbons (Fsp3) is 0.533. The third-order valence-corrected chi connectivity index (χ3v) is 4.04. The summed E-state index contributed by atoms with van der Waals surface area (Å²) in [6, 6.07) is 5.63. The van der Waals surface area contributed by atoms with Gasteiger partial charge in [0.15, 0.2) is 0 Å². The quantitative estimate of drug-likeness (QED) is 0.897. The Labute approximate surface area is 127 Å². The zero-order chi connectivity index (χ0) is 14.0. The van der Waals surface area contributed by atoms with Gasteiger partial charge in [0.25, 0.3) is 0 Å². The SMILES string of the molecule is CCC(C)C(N)C(=O)Nc1ccc2c(c1)N(C)CC2.Cl. The Morgan fingerprint density at radius 3 is 2.85 bits per heavy atom. The van der Waals surface area contributed by atoms with Gasteiger partial charge in [0.1, 0.15) is 0 Å². The van der Waals surface area contributed by atoms with E-state index in [1.54, 1.807) is 0 Å². The average molecular weight is 298 g/mol. The number of carbonyl (C=O) groups excluding carboxylic acids is 1. The Morgan fingerprint density at radius 2 is 2.20 bits per heavy atom. The first kappa shape index (κ1) is 16.8. The fourth-order valence-corrected chi connectivity index (χ4v) is 2.35. The summed E-state index contributed by atoms with van der Waals surface area (Å²) < 4.78 is 0. The lowest BCUT2D eigenvalue weighted by Gasteiger charge is -2.18. The molecule has 0 aromatic heterocycles. The lowest BCUT2D eigenvalue weighted by Crippen LogP contribution is -2.40. The number of fused-ring (bicyclic) bond motifs is 1. The molecule has 0 bridgehead atoms. The molecule has 0 aliphatic carbocycles. The lowest BCUT2D eigenvalue weighted by molar-refractivity contribution is -0.118. The Bertz CT molecular complexity index is 478. The number of halogens is 1. The molecule has 112 valence electrons. The summed E-state index contributed by atoms with van der Waals surface area (Å²) in [6.07, 6.45) is 1.98. The van der Waals surface area contributed by atoms with Gasteiger partial charge in [-0.15, -0.1) is 12.4 Å². The van der Waals surface area contributed by atoms with Crippen molar-refractivity contribution in [3.05, 3.63) is 23.8 Å². The van der Waals surface area contributed by atoms with Crippen LogP contribution in [0.1, 0.15) is 25.8 Å². The standard InChI is InChI=1S/C15H23N3O.ClH/c1-4-10(2)14(16)15(19)17-12-6-5-11-7-8-18(3)13(11)9-12;/h5-6,9-10,14H,4,7-8,16H2,1-3H3,(H,17,19);1H. The second kappa shape index (κ2) is 6.95. The first-order valence-electron chi connectivity index (χ1n) is 6.93. The van der Waals surface area contributed by atoms with Crippen LogP contribution in [-0.2, 0) is 11.2 Å². The molecule has 1 amide bonds. The molecule has 3 N–H and O–H groups in total. The first-order chi connectivity index (χ1) is 9.02. The van der Waals surface area contributed by atoms with E-state index in [2.05, 4.69) is 23.3 Å². The molecule has 4 nitrogen and oxygen atoms in total. The number of anilines is 2. The maximum atomic E-state index is 12.0. The van der Waals surface area contributed by atoms with E-state index in [0.717, 1.165) is 25.1 Å². The third-order valence-electron chi connectivity index (χ3n) is 4.04. The van der Waals surface area contributed by atoms with Gasteiger partial charge in [0, 0.05) is 25.0 Å². The monoisotopic (exact) mass is 297 g/mol. The second-order valence-corrected chi connectivity index (χ2v) is 5.42. The Kier molecular flexibility index (Phi) is 5.84. The van der Waals surface area contributed by atoms with Gasteiger partial charge < -0.3 is 16.0 Å². The summed E-state index contributed by atoms with van der Waals surface area (Å²) in [5, 5.41) is 2.92. The van der Waals surface area contributed by atoms with Crippen LogP contribution in [0.3, 0.4) is 0 Å². The van der Waals surface area contributed by atoms with Gasteiger partial charge in [0.05, 0.1) is 6.04 Å². The van der Waals surface area contributed by atoms with Crippen LogP contribution in [0.25, 0.3) is 0 Å². The number of amides is 1. The lowest BCUT2D eigenvalue weighted by atomic mass is 9.99. The molecular formula is C15H24ClN3O. The van der Waals surface area contributed by atoms with Crippen molar-refractivity contribution in [2.75, 3.05) is 23.8 Å². The van der Waals surface area contributed by atoms with Crippen molar-refractivity contribution in [3.8, 4) is 0 Å². The summed E-state index contributed by atoms with van der Waals surface area (Å²) in [5.74, 6) is 0.0899. The van der Waals surface area contributed by atoms with Crippen LogP contribution in [-0.4, -0.2) is 25.5 Å². The molecule has 1 aliphatic heterocycles. The summed E-state index contributed by atoms with van der Waals surface area (Å²) in [5.41, 5.74) is 9.31. The van der Waals surface area contributed by atoms with Crippen LogP contribution in [0.5, 0.6) is 0 Å². The minimum Gasteiger partial charge on any atom is -0.374 e. The van der Waals surface area contributed by atoms with E-state index < -0.39 is 6.04 Å². The van der Waals surface area contributed by atoms with Crippen LogP contribution in [0.4, 0.5) is 11.4 Å². The highest BCUT2D eigenvalue weighted by Crippen LogP contribution is 2.29. The molecule has 0 saturated heterocycles. The van der Waals surface area contributed by atoms with Gasteiger partial charge >= 0.3 is 0 Å². The number of likely N-dealkylation sites (N-methyl/N-ethyl adjacent to an activating group) is 1. The van der Waals surface area contributed by atoms with Crippen LogP contribution >= 0.6 is 12.4 Å². The Morgan fingerprint density at radius 1 is 1.50 bits per heavy atom. The molecule has 2 unspecified atom stereocenters. The minimum absolute atomic E-state index is 0. The maximum Gasteiger partial charge on any atom is 0.241 e. The molecule has 0 saturated carbocycles. The zero-order valence-electron chi connectivity index (χ0n) is 12.3. The van der Waals surface area contributed by atoms with Crippen LogP contribution in [0.15, 0.2) is 18.2 Å². The van der Waals surface area contributed by atoms with Crippen molar-refractivity contribution < 1.29 is 4.79 Å². The zero-order valence-corrected chi connectivity index (χ0v) is 13.2. The number of benzene rings is 1. The van der Waals surface area contributed by atoms with Gasteiger partial charge in [-0.1, -0.05) is 26.3 Å². The molecule has 1 aromatic rings. The maximum absolute atomic E-state index is 12.0. The first-order valence-corrected chi connectivity index (χ1v) is 6.93. The van der Waals surface area contributed by atoms with E-state index in [-0.39, 0.29) is 24.2 Å². The summed E-state index contributed by atoms with van der Waals surface area (Å²) >= 11 is 0. The highest BCUT2D eigenvalue weighted by molar-refractivity contribution is 5.95. The van der Waals surface area contributed by atoms with Crippen molar-refractivity contribution in [1.82, 2.24) is 0 Å². The molecule has 1 heterocycles. The fourth-order valence-electron chi connectivity index (χ4n) is 2.35. The van der Waals surface area contributed by atoms with Gasteiger partial charge in [-0.2, -0.15) is 0 Å². The largest absolute Gasteiger partial charge is 0.374 e. The normalized spacial score (nSPS) is 16.1.